The number of oxime groups is 1. The fraction of sp³-hybridized carbons (Fsp3) is 0.444. The Morgan fingerprint density at radius 1 is 1.56 bits per heavy atom. The molecule has 1 N–H and O–H groups in total. The fourth-order valence-corrected chi connectivity index (χ4v) is 2.20. The SMILES string of the molecule is CN1CC=CC(C2=NOCCO2)=C1S(=O)O. The Hall–Kier alpha value is -1.34. The minimum absolute atomic E-state index is 0.256. The molecular weight excluding hydrogens is 232 g/mol. The maximum absolute atomic E-state index is 11.2. The van der Waals surface area contributed by atoms with Crippen LogP contribution in [0.2, 0.25) is 0 Å². The smallest absolute Gasteiger partial charge is 0.260 e. The van der Waals surface area contributed by atoms with Gasteiger partial charge in [-0.15, -0.1) is 0 Å². The maximum atomic E-state index is 11.2. The first-order valence-corrected chi connectivity index (χ1v) is 5.87. The van der Waals surface area contributed by atoms with Crippen molar-refractivity contribution < 1.29 is 18.3 Å². The highest BCUT2D eigenvalue weighted by atomic mass is 32.2. The Kier molecular flexibility index (Phi) is 3.25. The summed E-state index contributed by atoms with van der Waals surface area (Å²) in [6, 6.07) is 0. The summed E-state index contributed by atoms with van der Waals surface area (Å²) in [4.78, 5) is 6.57. The van der Waals surface area contributed by atoms with Crippen molar-refractivity contribution in [2.24, 2.45) is 5.16 Å². The Bertz CT molecular complexity index is 402. The second-order valence-corrected chi connectivity index (χ2v) is 4.21. The van der Waals surface area contributed by atoms with Crippen molar-refractivity contribution in [1.29, 1.82) is 0 Å². The number of rotatable bonds is 2. The van der Waals surface area contributed by atoms with E-state index in [2.05, 4.69) is 5.16 Å². The van der Waals surface area contributed by atoms with E-state index in [1.807, 2.05) is 6.08 Å². The molecule has 0 aliphatic carbocycles. The molecule has 16 heavy (non-hydrogen) atoms. The van der Waals surface area contributed by atoms with Crippen LogP contribution in [0.1, 0.15) is 0 Å². The standard InChI is InChI=1S/C9H12N2O4S/c1-11-4-2-3-7(9(11)16(12)13)8-10-15-6-5-14-8/h2-3H,4-6H2,1H3,(H,12,13). The molecule has 2 aliphatic rings. The van der Waals surface area contributed by atoms with Crippen molar-refractivity contribution in [2.45, 2.75) is 0 Å². The normalized spacial score (nSPS) is 22.4. The van der Waals surface area contributed by atoms with Crippen molar-refractivity contribution in [3.05, 3.63) is 22.8 Å². The maximum Gasteiger partial charge on any atom is 0.260 e. The van der Waals surface area contributed by atoms with E-state index >= 15 is 0 Å². The van der Waals surface area contributed by atoms with E-state index in [9.17, 15) is 8.76 Å². The molecule has 2 heterocycles. The van der Waals surface area contributed by atoms with Crippen LogP contribution in [0.3, 0.4) is 0 Å². The lowest BCUT2D eigenvalue weighted by molar-refractivity contribution is 0.0653. The van der Waals surface area contributed by atoms with Crippen molar-refractivity contribution in [3.8, 4) is 0 Å². The lowest BCUT2D eigenvalue weighted by Crippen LogP contribution is -2.29. The summed E-state index contributed by atoms with van der Waals surface area (Å²) in [7, 11) is 1.73. The zero-order chi connectivity index (χ0) is 11.5. The van der Waals surface area contributed by atoms with Gasteiger partial charge < -0.3 is 19.0 Å². The molecule has 1 unspecified atom stereocenters. The van der Waals surface area contributed by atoms with E-state index in [0.717, 1.165) is 0 Å². The van der Waals surface area contributed by atoms with Crippen molar-refractivity contribution in [1.82, 2.24) is 4.90 Å². The second-order valence-electron chi connectivity index (χ2n) is 3.33. The molecule has 6 nitrogen and oxygen atoms in total. The van der Waals surface area contributed by atoms with Crippen molar-refractivity contribution in [3.63, 3.8) is 0 Å². The molecule has 0 amide bonds. The molecule has 7 heteroatoms. The topological polar surface area (TPSA) is 71.4 Å². The zero-order valence-corrected chi connectivity index (χ0v) is 9.57. The molecule has 0 aromatic carbocycles. The van der Waals surface area contributed by atoms with Crippen molar-refractivity contribution in [2.75, 3.05) is 26.8 Å². The summed E-state index contributed by atoms with van der Waals surface area (Å²) in [6.07, 6.45) is 3.59. The molecule has 0 fully saturated rings. The predicted molar refractivity (Wildman–Crippen MR) is 58.9 cm³/mol. The third kappa shape index (κ3) is 2.10. The molecule has 0 aromatic heterocycles. The van der Waals surface area contributed by atoms with Gasteiger partial charge in [-0.25, -0.2) is 4.21 Å². The van der Waals surface area contributed by atoms with Crippen molar-refractivity contribution >= 4 is 17.0 Å². The molecule has 0 radical (unpaired) electrons. The molecule has 88 valence electrons. The molecule has 0 saturated heterocycles. The fourth-order valence-electron chi connectivity index (χ4n) is 1.51. The quantitative estimate of drug-likeness (QED) is 0.706. The van der Waals surface area contributed by atoms with Gasteiger partial charge in [0.2, 0.25) is 11.1 Å². The van der Waals surface area contributed by atoms with E-state index in [4.69, 9.17) is 9.57 Å². The second kappa shape index (κ2) is 4.67. The number of hydrogen-bond donors (Lipinski definition) is 1. The summed E-state index contributed by atoms with van der Waals surface area (Å²) < 4.78 is 25.8. The molecule has 0 spiro atoms. The monoisotopic (exact) mass is 244 g/mol. The van der Waals surface area contributed by atoms with E-state index in [1.165, 1.54) is 0 Å². The Labute approximate surface area is 95.5 Å². The zero-order valence-electron chi connectivity index (χ0n) is 8.75. The van der Waals surface area contributed by atoms with E-state index in [1.54, 1.807) is 18.0 Å². The van der Waals surface area contributed by atoms with Gasteiger partial charge in [0.1, 0.15) is 11.6 Å². The van der Waals surface area contributed by atoms with Crippen LogP contribution in [-0.4, -0.2) is 46.4 Å². The van der Waals surface area contributed by atoms with E-state index in [0.29, 0.717) is 25.3 Å². The van der Waals surface area contributed by atoms with E-state index in [-0.39, 0.29) is 10.9 Å². The first kappa shape index (κ1) is 11.2. The molecule has 1 atom stereocenters. The molecule has 2 rings (SSSR count). The number of hydrogen-bond acceptors (Lipinski definition) is 5. The van der Waals surface area contributed by atoms with Crippen LogP contribution in [-0.2, 0) is 20.7 Å². The summed E-state index contributed by atoms with van der Waals surface area (Å²) in [5.74, 6) is 0.256. The van der Waals surface area contributed by atoms with Crippen LogP contribution in [0.4, 0.5) is 0 Å². The largest absolute Gasteiger partial charge is 0.471 e. The highest BCUT2D eigenvalue weighted by Crippen LogP contribution is 2.20. The first-order valence-electron chi connectivity index (χ1n) is 4.76. The van der Waals surface area contributed by atoms with Gasteiger partial charge in [-0.2, -0.15) is 0 Å². The van der Waals surface area contributed by atoms with Crippen LogP contribution in [0.5, 0.6) is 0 Å². The Morgan fingerprint density at radius 2 is 2.38 bits per heavy atom. The Morgan fingerprint density at radius 3 is 3.00 bits per heavy atom. The van der Waals surface area contributed by atoms with Crippen LogP contribution >= 0.6 is 0 Å². The highest BCUT2D eigenvalue weighted by molar-refractivity contribution is 7.83. The van der Waals surface area contributed by atoms with Crippen LogP contribution in [0, 0.1) is 0 Å². The average Bonchev–Trinajstić information content (AvgIpc) is 2.29. The van der Waals surface area contributed by atoms with Gasteiger partial charge in [0.25, 0.3) is 5.90 Å². The summed E-state index contributed by atoms with van der Waals surface area (Å²) in [5, 5.41) is 4.02. The lowest BCUT2D eigenvalue weighted by atomic mass is 10.2. The first-order chi connectivity index (χ1) is 7.70. The molecule has 0 aromatic rings. The Balaban J connectivity index is 2.41. The number of likely N-dealkylation sites (N-methyl/N-ethyl adjacent to an activating group) is 1. The van der Waals surface area contributed by atoms with Crippen LogP contribution in [0.15, 0.2) is 27.9 Å². The van der Waals surface area contributed by atoms with Gasteiger partial charge in [0.15, 0.2) is 6.61 Å². The molecule has 0 saturated carbocycles. The minimum atomic E-state index is -2.08. The average molecular weight is 244 g/mol. The minimum Gasteiger partial charge on any atom is -0.471 e. The predicted octanol–water partition coefficient (Wildman–Crippen LogP) is 0.282. The summed E-state index contributed by atoms with van der Waals surface area (Å²) in [5.41, 5.74) is 0.495. The van der Waals surface area contributed by atoms with Gasteiger partial charge >= 0.3 is 0 Å². The molecular formula is C9H12N2O4S. The van der Waals surface area contributed by atoms with Crippen LogP contribution < -0.4 is 0 Å². The lowest BCUT2D eigenvalue weighted by Gasteiger charge is -2.25. The highest BCUT2D eigenvalue weighted by Gasteiger charge is 2.24. The van der Waals surface area contributed by atoms with Gasteiger partial charge in [0, 0.05) is 13.6 Å². The third-order valence-electron chi connectivity index (χ3n) is 2.20. The summed E-state index contributed by atoms with van der Waals surface area (Å²) in [6.45, 7) is 1.37. The van der Waals surface area contributed by atoms with Gasteiger partial charge in [-0.05, 0) is 11.2 Å². The molecule has 2 aliphatic heterocycles. The van der Waals surface area contributed by atoms with Gasteiger partial charge in [0.05, 0.1) is 5.57 Å². The molecule has 0 bridgehead atoms. The summed E-state index contributed by atoms with van der Waals surface area (Å²) >= 11 is -2.08. The van der Waals surface area contributed by atoms with E-state index < -0.39 is 11.1 Å². The number of nitrogens with zero attached hydrogens (tertiary/aromatic N) is 2. The van der Waals surface area contributed by atoms with Gasteiger partial charge in [-0.1, -0.05) is 6.08 Å². The third-order valence-corrected chi connectivity index (χ3v) is 3.06. The van der Waals surface area contributed by atoms with Gasteiger partial charge in [-0.3, -0.25) is 0 Å². The number of ether oxygens (including phenoxy) is 1. The van der Waals surface area contributed by atoms with Crippen LogP contribution in [0.25, 0.3) is 0 Å².